The van der Waals surface area contributed by atoms with Gasteiger partial charge < -0.3 is 4.74 Å². The van der Waals surface area contributed by atoms with E-state index in [9.17, 15) is 4.79 Å². The Bertz CT molecular complexity index is 225. The Morgan fingerprint density at radius 3 is 3.25 bits per heavy atom. The van der Waals surface area contributed by atoms with Gasteiger partial charge in [-0.1, -0.05) is 19.1 Å². The van der Waals surface area contributed by atoms with Crippen LogP contribution in [-0.4, -0.2) is 29.7 Å². The van der Waals surface area contributed by atoms with E-state index in [4.69, 9.17) is 4.74 Å². The summed E-state index contributed by atoms with van der Waals surface area (Å²) in [7, 11) is 0. The highest BCUT2D eigenvalue weighted by molar-refractivity contribution is 5.71. The van der Waals surface area contributed by atoms with Crippen molar-refractivity contribution in [1.29, 1.82) is 0 Å². The fourth-order valence-electron chi connectivity index (χ4n) is 1.88. The second-order valence-electron chi connectivity index (χ2n) is 3.26. The van der Waals surface area contributed by atoms with Crippen molar-refractivity contribution >= 4 is 6.09 Å². The second-order valence-corrected chi connectivity index (χ2v) is 3.26. The molecule has 0 aromatic carbocycles. The third-order valence-electron chi connectivity index (χ3n) is 2.56. The van der Waals surface area contributed by atoms with Crippen LogP contribution < -0.4 is 0 Å². The summed E-state index contributed by atoms with van der Waals surface area (Å²) < 4.78 is 5.20. The predicted molar refractivity (Wildman–Crippen MR) is 44.8 cm³/mol. The topological polar surface area (TPSA) is 29.5 Å². The van der Waals surface area contributed by atoms with E-state index in [2.05, 4.69) is 13.0 Å². The molecule has 2 atom stereocenters. The fraction of sp³-hybridized carbons (Fsp3) is 0.667. The molecule has 2 aliphatic rings. The van der Waals surface area contributed by atoms with Gasteiger partial charge in [0.15, 0.2) is 0 Å². The minimum absolute atomic E-state index is 0.113. The summed E-state index contributed by atoms with van der Waals surface area (Å²) >= 11 is 0. The summed E-state index contributed by atoms with van der Waals surface area (Å²) in [5.41, 5.74) is 0. The molecule has 0 saturated carbocycles. The van der Waals surface area contributed by atoms with Crippen LogP contribution in [0.5, 0.6) is 0 Å². The van der Waals surface area contributed by atoms with Crippen molar-refractivity contribution in [2.24, 2.45) is 0 Å². The average Bonchev–Trinajstić information content (AvgIpc) is 2.44. The first-order valence-corrected chi connectivity index (χ1v) is 4.45. The Kier molecular flexibility index (Phi) is 1.79. The van der Waals surface area contributed by atoms with Crippen molar-refractivity contribution in [3.8, 4) is 0 Å². The average molecular weight is 167 g/mol. The molecule has 1 fully saturated rings. The lowest BCUT2D eigenvalue weighted by molar-refractivity contribution is 0.128. The number of hydrogen-bond donors (Lipinski definition) is 0. The van der Waals surface area contributed by atoms with Crippen molar-refractivity contribution in [3.05, 3.63) is 12.2 Å². The van der Waals surface area contributed by atoms with Gasteiger partial charge in [-0.2, -0.15) is 0 Å². The van der Waals surface area contributed by atoms with Crippen LogP contribution in [0.3, 0.4) is 0 Å². The van der Waals surface area contributed by atoms with E-state index in [1.165, 1.54) is 0 Å². The highest BCUT2D eigenvalue weighted by Crippen LogP contribution is 2.26. The van der Waals surface area contributed by atoms with Crippen molar-refractivity contribution in [2.45, 2.75) is 31.9 Å². The summed E-state index contributed by atoms with van der Waals surface area (Å²) in [5, 5.41) is 0. The monoisotopic (exact) mass is 167 g/mol. The van der Waals surface area contributed by atoms with Gasteiger partial charge in [-0.05, 0) is 12.8 Å². The van der Waals surface area contributed by atoms with Crippen LogP contribution in [0, 0.1) is 0 Å². The molecule has 1 saturated heterocycles. The summed E-state index contributed by atoms with van der Waals surface area (Å²) in [6.07, 6.45) is 5.99. The molecule has 12 heavy (non-hydrogen) atoms. The maximum absolute atomic E-state index is 11.2. The van der Waals surface area contributed by atoms with Crippen LogP contribution in [0.15, 0.2) is 12.2 Å². The molecular formula is C9H13NO2. The van der Waals surface area contributed by atoms with Crippen LogP contribution >= 0.6 is 0 Å². The van der Waals surface area contributed by atoms with Gasteiger partial charge in [0.1, 0.15) is 6.10 Å². The zero-order valence-corrected chi connectivity index (χ0v) is 7.19. The van der Waals surface area contributed by atoms with Gasteiger partial charge in [-0.25, -0.2) is 4.79 Å². The molecule has 66 valence electrons. The van der Waals surface area contributed by atoms with E-state index < -0.39 is 0 Å². The van der Waals surface area contributed by atoms with E-state index in [0.29, 0.717) is 6.04 Å². The summed E-state index contributed by atoms with van der Waals surface area (Å²) in [5.74, 6) is 0. The fourth-order valence-corrected chi connectivity index (χ4v) is 1.88. The molecule has 2 heterocycles. The highest BCUT2D eigenvalue weighted by Gasteiger charge is 2.40. The maximum atomic E-state index is 11.2. The van der Waals surface area contributed by atoms with Crippen LogP contribution in [0.1, 0.15) is 19.8 Å². The largest absolute Gasteiger partial charge is 0.444 e. The standard InChI is InChI=1S/C9H13NO2/c1-2-8-7-5-3-4-6-10(7)9(11)12-8/h3-4,7-8H,2,5-6H2,1H3/t7-,8-/m0/s1. The number of fused-ring (bicyclic) bond motifs is 1. The number of hydrogen-bond acceptors (Lipinski definition) is 2. The predicted octanol–water partition coefficient (Wildman–Crippen LogP) is 1.55. The minimum atomic E-state index is -0.142. The van der Waals surface area contributed by atoms with E-state index >= 15 is 0 Å². The molecule has 1 amide bonds. The molecule has 3 nitrogen and oxygen atoms in total. The lowest BCUT2D eigenvalue weighted by Gasteiger charge is -2.24. The Labute approximate surface area is 72.0 Å². The molecular weight excluding hydrogens is 154 g/mol. The Balaban J connectivity index is 2.17. The van der Waals surface area contributed by atoms with Gasteiger partial charge in [0.25, 0.3) is 0 Å². The molecule has 2 rings (SSSR count). The summed E-state index contributed by atoms with van der Waals surface area (Å²) in [6, 6.07) is 0.299. The number of cyclic esters (lactones) is 1. The molecule has 0 aromatic heterocycles. The van der Waals surface area contributed by atoms with Gasteiger partial charge in [-0.3, -0.25) is 4.90 Å². The lowest BCUT2D eigenvalue weighted by Crippen LogP contribution is -2.38. The van der Waals surface area contributed by atoms with Crippen LogP contribution in [0.4, 0.5) is 4.79 Å². The second kappa shape index (κ2) is 2.81. The summed E-state index contributed by atoms with van der Waals surface area (Å²) in [4.78, 5) is 13.1. The molecule has 0 aromatic rings. The van der Waals surface area contributed by atoms with Crippen LogP contribution in [-0.2, 0) is 4.74 Å². The van der Waals surface area contributed by atoms with Gasteiger partial charge >= 0.3 is 6.09 Å². The first kappa shape index (κ1) is 7.65. The smallest absolute Gasteiger partial charge is 0.410 e. The van der Waals surface area contributed by atoms with E-state index in [-0.39, 0.29) is 12.2 Å². The molecule has 0 N–H and O–H groups in total. The zero-order valence-electron chi connectivity index (χ0n) is 7.19. The molecule has 0 bridgehead atoms. The van der Waals surface area contributed by atoms with Gasteiger partial charge in [0.05, 0.1) is 6.04 Å². The number of rotatable bonds is 1. The molecule has 3 heteroatoms. The third kappa shape index (κ3) is 1.00. The molecule has 0 radical (unpaired) electrons. The molecule has 2 aliphatic heterocycles. The first-order valence-electron chi connectivity index (χ1n) is 4.45. The van der Waals surface area contributed by atoms with Crippen LogP contribution in [0.25, 0.3) is 0 Å². The van der Waals surface area contributed by atoms with E-state index in [1.54, 1.807) is 0 Å². The lowest BCUT2D eigenvalue weighted by atomic mass is 10.0. The van der Waals surface area contributed by atoms with Gasteiger partial charge in [0.2, 0.25) is 0 Å². The minimum Gasteiger partial charge on any atom is -0.444 e. The van der Waals surface area contributed by atoms with Gasteiger partial charge in [-0.15, -0.1) is 0 Å². The summed E-state index contributed by atoms with van der Waals surface area (Å²) in [6.45, 7) is 2.78. The van der Waals surface area contributed by atoms with E-state index in [0.717, 1.165) is 19.4 Å². The molecule has 0 spiro atoms. The quantitative estimate of drug-likeness (QED) is 0.554. The number of nitrogens with zero attached hydrogens (tertiary/aromatic N) is 1. The number of amides is 1. The van der Waals surface area contributed by atoms with E-state index in [1.807, 2.05) is 11.0 Å². The number of carbonyl (C=O) groups excluding carboxylic acids is 1. The highest BCUT2D eigenvalue weighted by atomic mass is 16.6. The van der Waals surface area contributed by atoms with Crippen molar-refractivity contribution in [3.63, 3.8) is 0 Å². The SMILES string of the molecule is CC[C@@H]1OC(=O)N2CC=CC[C@@H]12. The molecule has 0 aliphatic carbocycles. The first-order chi connectivity index (χ1) is 5.83. The zero-order chi connectivity index (χ0) is 8.55. The maximum Gasteiger partial charge on any atom is 0.410 e. The molecule has 0 unspecified atom stereocenters. The third-order valence-corrected chi connectivity index (χ3v) is 2.56. The number of ether oxygens (including phenoxy) is 1. The number of carbonyl (C=O) groups is 1. The Morgan fingerprint density at radius 1 is 1.67 bits per heavy atom. The van der Waals surface area contributed by atoms with Crippen molar-refractivity contribution < 1.29 is 9.53 Å². The normalized spacial score (nSPS) is 33.4. The Morgan fingerprint density at radius 2 is 2.50 bits per heavy atom. The van der Waals surface area contributed by atoms with Crippen molar-refractivity contribution in [2.75, 3.05) is 6.54 Å². The van der Waals surface area contributed by atoms with Gasteiger partial charge in [0, 0.05) is 6.54 Å². The van der Waals surface area contributed by atoms with Crippen LogP contribution in [0.2, 0.25) is 0 Å². The van der Waals surface area contributed by atoms with Crippen molar-refractivity contribution in [1.82, 2.24) is 4.90 Å². The Hall–Kier alpha value is -0.990.